The summed E-state index contributed by atoms with van der Waals surface area (Å²) < 4.78 is 23.4. The SMILES string of the molecule is COc1ccccc1-c1sc(-c2ccccc2OC)c(-c2ccccc2OC)c1-c1ccccc1OC. The highest BCUT2D eigenvalue weighted by Gasteiger charge is 2.28. The molecule has 186 valence electrons. The van der Waals surface area contributed by atoms with Gasteiger partial charge in [-0.2, -0.15) is 0 Å². The van der Waals surface area contributed by atoms with Crippen LogP contribution < -0.4 is 18.9 Å². The van der Waals surface area contributed by atoms with Gasteiger partial charge >= 0.3 is 0 Å². The Kier molecular flexibility index (Phi) is 7.15. The summed E-state index contributed by atoms with van der Waals surface area (Å²) in [5.41, 5.74) is 6.10. The molecule has 5 heteroatoms. The highest BCUT2D eigenvalue weighted by Crippen LogP contribution is 2.57. The molecule has 0 amide bonds. The molecule has 0 aliphatic carbocycles. The largest absolute Gasteiger partial charge is 0.496 e. The number of rotatable bonds is 8. The number of ether oxygens (including phenoxy) is 4. The van der Waals surface area contributed by atoms with Crippen LogP contribution in [-0.4, -0.2) is 28.4 Å². The van der Waals surface area contributed by atoms with Crippen molar-refractivity contribution in [2.24, 2.45) is 0 Å². The molecule has 0 radical (unpaired) electrons. The molecule has 4 nitrogen and oxygen atoms in total. The molecule has 0 atom stereocenters. The summed E-state index contributed by atoms with van der Waals surface area (Å²) in [6, 6.07) is 32.5. The van der Waals surface area contributed by atoms with Crippen LogP contribution in [0.15, 0.2) is 97.1 Å². The van der Waals surface area contributed by atoms with Gasteiger partial charge in [-0.3, -0.25) is 0 Å². The zero-order chi connectivity index (χ0) is 25.8. The normalized spacial score (nSPS) is 10.7. The van der Waals surface area contributed by atoms with Gasteiger partial charge < -0.3 is 18.9 Å². The van der Waals surface area contributed by atoms with E-state index in [1.165, 1.54) is 0 Å². The lowest BCUT2D eigenvalue weighted by Crippen LogP contribution is -1.94. The molecule has 0 spiro atoms. The highest BCUT2D eigenvalue weighted by atomic mass is 32.1. The summed E-state index contributed by atoms with van der Waals surface area (Å²) in [6.07, 6.45) is 0. The second-order valence-electron chi connectivity index (χ2n) is 8.31. The van der Waals surface area contributed by atoms with Gasteiger partial charge in [0.25, 0.3) is 0 Å². The molecule has 1 aromatic heterocycles. The lowest BCUT2D eigenvalue weighted by Gasteiger charge is -2.16. The summed E-state index contributed by atoms with van der Waals surface area (Å²) >= 11 is 1.71. The van der Waals surface area contributed by atoms with Crippen molar-refractivity contribution in [1.29, 1.82) is 0 Å². The van der Waals surface area contributed by atoms with Gasteiger partial charge in [-0.15, -0.1) is 11.3 Å². The van der Waals surface area contributed by atoms with E-state index in [0.717, 1.165) is 66.1 Å². The summed E-state index contributed by atoms with van der Waals surface area (Å²) in [5.74, 6) is 3.19. The first-order valence-electron chi connectivity index (χ1n) is 11.9. The fourth-order valence-electron chi connectivity index (χ4n) is 4.69. The van der Waals surface area contributed by atoms with Gasteiger partial charge in [-0.25, -0.2) is 0 Å². The molecular weight excluding hydrogens is 480 g/mol. The Balaban J connectivity index is 1.99. The first-order valence-corrected chi connectivity index (χ1v) is 12.7. The molecule has 5 aromatic rings. The van der Waals surface area contributed by atoms with E-state index in [1.807, 2.05) is 72.8 Å². The molecule has 37 heavy (non-hydrogen) atoms. The van der Waals surface area contributed by atoms with E-state index in [-0.39, 0.29) is 0 Å². The minimum atomic E-state index is 0.791. The Morgan fingerprint density at radius 2 is 0.649 bits per heavy atom. The maximum atomic E-state index is 5.87. The number of hydrogen-bond donors (Lipinski definition) is 0. The third-order valence-electron chi connectivity index (χ3n) is 6.36. The minimum Gasteiger partial charge on any atom is -0.496 e. The lowest BCUT2D eigenvalue weighted by atomic mass is 9.90. The van der Waals surface area contributed by atoms with Gasteiger partial charge in [0.2, 0.25) is 0 Å². The van der Waals surface area contributed by atoms with E-state index in [0.29, 0.717) is 0 Å². The van der Waals surface area contributed by atoms with Gasteiger partial charge in [0.05, 0.1) is 28.4 Å². The molecule has 0 N–H and O–H groups in total. The van der Waals surface area contributed by atoms with Gasteiger partial charge in [0.1, 0.15) is 23.0 Å². The van der Waals surface area contributed by atoms with Crippen LogP contribution in [0, 0.1) is 0 Å². The molecule has 0 bridgehead atoms. The number of hydrogen-bond acceptors (Lipinski definition) is 5. The zero-order valence-corrected chi connectivity index (χ0v) is 22.1. The molecule has 4 aromatic carbocycles. The number of methoxy groups -OCH3 is 4. The molecule has 1 heterocycles. The molecule has 0 saturated heterocycles. The van der Waals surface area contributed by atoms with Gasteiger partial charge in [-0.05, 0) is 36.4 Å². The summed E-state index contributed by atoms with van der Waals surface area (Å²) in [6.45, 7) is 0. The summed E-state index contributed by atoms with van der Waals surface area (Å²) in [4.78, 5) is 2.15. The minimum absolute atomic E-state index is 0.791. The topological polar surface area (TPSA) is 36.9 Å². The van der Waals surface area contributed by atoms with E-state index >= 15 is 0 Å². The van der Waals surface area contributed by atoms with Crippen LogP contribution in [-0.2, 0) is 0 Å². The third-order valence-corrected chi connectivity index (χ3v) is 7.62. The van der Waals surface area contributed by atoms with Crippen molar-refractivity contribution in [3.05, 3.63) is 97.1 Å². The third kappa shape index (κ3) is 4.43. The van der Waals surface area contributed by atoms with Gasteiger partial charge in [0.15, 0.2) is 0 Å². The van der Waals surface area contributed by atoms with Crippen LogP contribution in [0.3, 0.4) is 0 Å². The molecule has 0 fully saturated rings. The fourth-order valence-corrected chi connectivity index (χ4v) is 6.08. The standard InChI is InChI=1S/C32H28O4S/c1-33-25-17-9-5-13-21(25)29-30(22-14-6-10-18-26(22)34-2)32(24-16-8-12-20-28(24)36-4)37-31(29)23-15-7-11-19-27(23)35-3/h5-20H,1-4H3. The van der Waals surface area contributed by atoms with Gasteiger partial charge in [-0.1, -0.05) is 60.7 Å². The summed E-state index contributed by atoms with van der Waals surface area (Å²) in [5, 5.41) is 0. The van der Waals surface area contributed by atoms with Crippen LogP contribution in [0.1, 0.15) is 0 Å². The predicted molar refractivity (Wildman–Crippen MR) is 152 cm³/mol. The number of para-hydroxylation sites is 4. The van der Waals surface area contributed by atoms with Crippen molar-refractivity contribution in [1.82, 2.24) is 0 Å². The van der Waals surface area contributed by atoms with Gasteiger partial charge in [0, 0.05) is 43.1 Å². The van der Waals surface area contributed by atoms with Crippen LogP contribution in [0.2, 0.25) is 0 Å². The van der Waals surface area contributed by atoms with E-state index < -0.39 is 0 Å². The van der Waals surface area contributed by atoms with Crippen molar-refractivity contribution in [2.45, 2.75) is 0 Å². The molecule has 0 saturated carbocycles. The van der Waals surface area contributed by atoms with Crippen molar-refractivity contribution >= 4 is 11.3 Å². The van der Waals surface area contributed by atoms with Crippen molar-refractivity contribution < 1.29 is 18.9 Å². The average Bonchev–Trinajstić information content (AvgIpc) is 3.36. The first kappa shape index (κ1) is 24.5. The van der Waals surface area contributed by atoms with E-state index in [9.17, 15) is 0 Å². The Hall–Kier alpha value is -4.22. The van der Waals surface area contributed by atoms with E-state index in [1.54, 1.807) is 39.8 Å². The monoisotopic (exact) mass is 508 g/mol. The second-order valence-corrected chi connectivity index (χ2v) is 9.33. The van der Waals surface area contributed by atoms with E-state index in [4.69, 9.17) is 18.9 Å². The Bertz CT molecular complexity index is 1420. The molecule has 0 unspecified atom stereocenters. The van der Waals surface area contributed by atoms with Crippen LogP contribution in [0.4, 0.5) is 0 Å². The Morgan fingerprint density at radius 1 is 0.378 bits per heavy atom. The van der Waals surface area contributed by atoms with Crippen molar-refractivity contribution in [3.63, 3.8) is 0 Å². The average molecular weight is 509 g/mol. The fraction of sp³-hybridized carbons (Fsp3) is 0.125. The zero-order valence-electron chi connectivity index (χ0n) is 21.3. The van der Waals surface area contributed by atoms with Crippen molar-refractivity contribution in [2.75, 3.05) is 28.4 Å². The first-order chi connectivity index (χ1) is 18.2. The number of benzene rings is 4. The second kappa shape index (κ2) is 10.8. The molecule has 5 rings (SSSR count). The summed E-state index contributed by atoms with van der Waals surface area (Å²) in [7, 11) is 6.82. The van der Waals surface area contributed by atoms with Crippen LogP contribution >= 0.6 is 11.3 Å². The quantitative estimate of drug-likeness (QED) is 0.211. The smallest absolute Gasteiger partial charge is 0.127 e. The molecule has 0 aliphatic rings. The van der Waals surface area contributed by atoms with E-state index in [2.05, 4.69) is 24.3 Å². The Labute approximate surface area is 221 Å². The highest BCUT2D eigenvalue weighted by molar-refractivity contribution is 7.20. The maximum Gasteiger partial charge on any atom is 0.127 e. The predicted octanol–water partition coefficient (Wildman–Crippen LogP) is 8.45. The maximum absolute atomic E-state index is 5.87. The van der Waals surface area contributed by atoms with Crippen LogP contribution in [0.5, 0.6) is 23.0 Å². The Morgan fingerprint density at radius 3 is 0.973 bits per heavy atom. The lowest BCUT2D eigenvalue weighted by molar-refractivity contribution is 0.415. The van der Waals surface area contributed by atoms with Crippen molar-refractivity contribution in [3.8, 4) is 66.1 Å². The number of thiophene rings is 1. The molecular formula is C32H28O4S. The van der Waals surface area contributed by atoms with Crippen LogP contribution in [0.25, 0.3) is 43.1 Å². The molecule has 0 aliphatic heterocycles.